The fraction of sp³-hybridized carbons (Fsp3) is 0.500. The lowest BCUT2D eigenvalue weighted by Gasteiger charge is -2.31. The van der Waals surface area contributed by atoms with E-state index >= 15 is 0 Å². The number of alkyl halides is 2. The third kappa shape index (κ3) is 5.43. The number of benzene rings is 1. The van der Waals surface area contributed by atoms with Crippen molar-refractivity contribution < 1.29 is 27.9 Å². The highest BCUT2D eigenvalue weighted by Gasteiger charge is 2.48. The molecule has 11 nitrogen and oxygen atoms in total. The van der Waals surface area contributed by atoms with E-state index < -0.39 is 18.4 Å². The Bertz CT molecular complexity index is 1280. The first-order valence-electron chi connectivity index (χ1n) is 13.0. The van der Waals surface area contributed by atoms with Gasteiger partial charge in [0.05, 0.1) is 25.5 Å². The van der Waals surface area contributed by atoms with Crippen molar-refractivity contribution in [3.8, 4) is 5.75 Å². The molecule has 3 amide bonds. The van der Waals surface area contributed by atoms with Crippen LogP contribution in [-0.4, -0.2) is 72.9 Å². The molecule has 39 heavy (non-hydrogen) atoms. The number of nitrogens with zero attached hydrogens (tertiary/aromatic N) is 4. The summed E-state index contributed by atoms with van der Waals surface area (Å²) in [6.45, 7) is -0.240. The average Bonchev–Trinajstić information content (AvgIpc) is 3.44. The summed E-state index contributed by atoms with van der Waals surface area (Å²) >= 11 is 0. The maximum atomic E-state index is 14.8. The topological polar surface area (TPSA) is 129 Å². The molecule has 1 aliphatic carbocycles. The first-order chi connectivity index (χ1) is 18.7. The molecule has 3 heterocycles. The zero-order chi connectivity index (χ0) is 27.7. The predicted molar refractivity (Wildman–Crippen MR) is 140 cm³/mol. The lowest BCUT2D eigenvalue weighted by Crippen LogP contribution is -2.48. The molecule has 1 aromatic carbocycles. The smallest absolute Gasteiger partial charge is 0.342 e. The number of carbonyl (C=O) groups excluding carboxylic acids is 3. The molecule has 0 unspecified atom stereocenters. The molecular formula is C26H31F2N7O4. The van der Waals surface area contributed by atoms with Crippen molar-refractivity contribution in [1.29, 1.82) is 0 Å². The molecule has 0 spiro atoms. The Morgan fingerprint density at radius 3 is 2.69 bits per heavy atom. The first-order valence-corrected chi connectivity index (χ1v) is 13.0. The second-order valence-corrected chi connectivity index (χ2v) is 10.1. The number of halogens is 2. The normalized spacial score (nSPS) is 21.2. The molecule has 3 aliphatic rings. The van der Waals surface area contributed by atoms with Crippen molar-refractivity contribution in [2.75, 3.05) is 42.4 Å². The van der Waals surface area contributed by atoms with Crippen molar-refractivity contribution in [3.05, 3.63) is 30.0 Å². The highest BCUT2D eigenvalue weighted by molar-refractivity contribution is 6.02. The summed E-state index contributed by atoms with van der Waals surface area (Å²) in [4.78, 5) is 48.2. The Morgan fingerprint density at radius 2 is 1.97 bits per heavy atom. The number of hydrogen-bond acceptors (Lipinski definition) is 8. The Balaban J connectivity index is 1.40. The molecule has 1 atom stereocenters. The van der Waals surface area contributed by atoms with Crippen molar-refractivity contribution in [1.82, 2.24) is 20.6 Å². The summed E-state index contributed by atoms with van der Waals surface area (Å²) in [5.41, 5.74) is 1.02. The van der Waals surface area contributed by atoms with E-state index in [4.69, 9.17) is 4.74 Å². The highest BCUT2D eigenvalue weighted by Crippen LogP contribution is 2.40. The molecule has 0 radical (unpaired) electrons. The Morgan fingerprint density at radius 1 is 1.21 bits per heavy atom. The van der Waals surface area contributed by atoms with Crippen LogP contribution in [0.2, 0.25) is 0 Å². The number of rotatable bonds is 6. The molecule has 2 aliphatic heterocycles. The summed E-state index contributed by atoms with van der Waals surface area (Å²) in [5.74, 6) is -4.55. The van der Waals surface area contributed by atoms with Gasteiger partial charge in [0.25, 0.3) is 11.8 Å². The van der Waals surface area contributed by atoms with E-state index in [1.54, 1.807) is 18.2 Å². The van der Waals surface area contributed by atoms with Gasteiger partial charge in [-0.25, -0.2) is 4.98 Å². The van der Waals surface area contributed by atoms with Crippen LogP contribution in [0, 0.1) is 0 Å². The Kier molecular flexibility index (Phi) is 7.23. The van der Waals surface area contributed by atoms with E-state index in [9.17, 15) is 23.2 Å². The van der Waals surface area contributed by atoms with Crippen molar-refractivity contribution in [2.24, 2.45) is 0 Å². The van der Waals surface area contributed by atoms with E-state index in [2.05, 4.69) is 25.9 Å². The summed E-state index contributed by atoms with van der Waals surface area (Å²) in [6, 6.07) is 4.39. The van der Waals surface area contributed by atoms with Gasteiger partial charge in [0.1, 0.15) is 11.4 Å². The van der Waals surface area contributed by atoms with Crippen molar-refractivity contribution in [2.45, 2.75) is 56.5 Å². The number of nitrogens with one attached hydrogen (secondary N) is 3. The molecule has 13 heteroatoms. The van der Waals surface area contributed by atoms with Crippen LogP contribution in [0.5, 0.6) is 5.75 Å². The largest absolute Gasteiger partial charge is 0.495 e. The van der Waals surface area contributed by atoms with Gasteiger partial charge >= 0.3 is 5.92 Å². The highest BCUT2D eigenvalue weighted by atomic mass is 19.3. The number of anilines is 4. The minimum atomic E-state index is -3.56. The number of hydrogen-bond donors (Lipinski definition) is 3. The average molecular weight is 544 g/mol. The van der Waals surface area contributed by atoms with Gasteiger partial charge in [-0.2, -0.15) is 13.8 Å². The van der Waals surface area contributed by atoms with Crippen LogP contribution in [0.1, 0.15) is 48.9 Å². The van der Waals surface area contributed by atoms with E-state index in [-0.39, 0.29) is 47.8 Å². The minimum absolute atomic E-state index is 0.102. The van der Waals surface area contributed by atoms with E-state index in [0.29, 0.717) is 30.0 Å². The zero-order valence-electron chi connectivity index (χ0n) is 21.8. The van der Waals surface area contributed by atoms with Gasteiger partial charge in [0.15, 0.2) is 5.82 Å². The fourth-order valence-electron chi connectivity index (χ4n) is 5.34. The summed E-state index contributed by atoms with van der Waals surface area (Å²) in [7, 11) is 2.76. The quantitative estimate of drug-likeness (QED) is 0.507. The van der Waals surface area contributed by atoms with Gasteiger partial charge in [-0.3, -0.25) is 14.4 Å². The molecule has 208 valence electrons. The number of piperidine rings is 1. The van der Waals surface area contributed by atoms with Crippen LogP contribution in [0.25, 0.3) is 0 Å². The lowest BCUT2D eigenvalue weighted by atomic mass is 10.1. The second-order valence-electron chi connectivity index (χ2n) is 10.1. The Hall–Kier alpha value is -4.03. The zero-order valence-corrected chi connectivity index (χ0v) is 21.8. The monoisotopic (exact) mass is 543 g/mol. The van der Waals surface area contributed by atoms with E-state index in [1.807, 2.05) is 0 Å². The SMILES string of the molecule is COc1cc(C(=O)N[C@@H]2CCNC(=O)C2)ccc1Nc1ncc2c(n1)N(C1CCCC1)CC(F)(F)C(=O)N2C. The molecule has 1 aromatic heterocycles. The predicted octanol–water partition coefficient (Wildman–Crippen LogP) is 2.60. The van der Waals surface area contributed by atoms with Crippen LogP contribution >= 0.6 is 0 Å². The number of amides is 3. The third-order valence-electron chi connectivity index (χ3n) is 7.43. The van der Waals surface area contributed by atoms with Crippen LogP contribution < -0.4 is 30.5 Å². The van der Waals surface area contributed by atoms with Gasteiger partial charge in [-0.15, -0.1) is 0 Å². The van der Waals surface area contributed by atoms with E-state index in [1.165, 1.54) is 25.3 Å². The Labute approximate surface area is 224 Å². The van der Waals surface area contributed by atoms with Gasteiger partial charge < -0.3 is 30.5 Å². The number of carbonyl (C=O) groups is 3. The molecular weight excluding hydrogens is 512 g/mol. The van der Waals surface area contributed by atoms with Gasteiger partial charge in [0, 0.05) is 37.7 Å². The number of fused-ring (bicyclic) bond motifs is 1. The van der Waals surface area contributed by atoms with Crippen LogP contribution in [-0.2, 0) is 9.59 Å². The molecule has 1 saturated heterocycles. The first kappa shape index (κ1) is 26.6. The van der Waals surface area contributed by atoms with Crippen LogP contribution in [0.4, 0.5) is 31.9 Å². The van der Waals surface area contributed by atoms with Crippen molar-refractivity contribution >= 4 is 40.9 Å². The van der Waals surface area contributed by atoms with Gasteiger partial charge in [-0.05, 0) is 37.5 Å². The van der Waals surface area contributed by atoms with Crippen LogP contribution in [0.15, 0.2) is 24.4 Å². The molecule has 2 fully saturated rings. The van der Waals surface area contributed by atoms with E-state index in [0.717, 1.165) is 30.6 Å². The summed E-state index contributed by atoms with van der Waals surface area (Å²) in [5, 5.41) is 8.66. The lowest BCUT2D eigenvalue weighted by molar-refractivity contribution is -0.140. The fourth-order valence-corrected chi connectivity index (χ4v) is 5.34. The standard InChI is InChI=1S/C26H31F2N7O4/c1-34-19-13-30-25(33-22(19)35(17-5-3-4-6-17)14-26(27,28)24(34)38)32-18-8-7-15(11-20(18)39-2)23(37)31-16-9-10-29-21(36)12-16/h7-8,11,13,16-17H,3-6,9-10,12,14H2,1-2H3,(H,29,36)(H,31,37)(H,30,32,33)/t16-/m1/s1. The molecule has 2 aromatic rings. The number of aromatic nitrogens is 2. The maximum Gasteiger partial charge on any atom is 0.342 e. The van der Waals surface area contributed by atoms with Gasteiger partial charge in [-0.1, -0.05) is 12.8 Å². The summed E-state index contributed by atoms with van der Waals surface area (Å²) < 4.78 is 35.1. The third-order valence-corrected chi connectivity index (χ3v) is 7.43. The van der Waals surface area contributed by atoms with Crippen molar-refractivity contribution in [3.63, 3.8) is 0 Å². The minimum Gasteiger partial charge on any atom is -0.495 e. The molecule has 5 rings (SSSR count). The molecule has 1 saturated carbocycles. The van der Waals surface area contributed by atoms with Gasteiger partial charge in [0.2, 0.25) is 11.9 Å². The molecule has 0 bridgehead atoms. The second kappa shape index (κ2) is 10.6. The molecule has 3 N–H and O–H groups in total. The summed E-state index contributed by atoms with van der Waals surface area (Å²) in [6.07, 6.45) is 5.56. The van der Waals surface area contributed by atoms with Crippen LogP contribution in [0.3, 0.4) is 0 Å². The number of methoxy groups -OCH3 is 1. The maximum absolute atomic E-state index is 14.8. The number of ether oxygens (including phenoxy) is 1.